The van der Waals surface area contributed by atoms with E-state index in [0.717, 1.165) is 44.9 Å². The minimum Gasteiger partial charge on any atom is -0.462 e. The SMILES string of the molecule is CO[C@@H]1C[C@@]2(CC[C@@]3(O2)[C@H](C)C[C@H]2OC(=O)[C@@]4(C)CCC[C@]3(C)[C@@H]24)CO1. The number of methoxy groups -OCH3 is 1. The van der Waals surface area contributed by atoms with Gasteiger partial charge in [-0.1, -0.05) is 20.3 Å². The van der Waals surface area contributed by atoms with Crippen molar-refractivity contribution in [1.82, 2.24) is 0 Å². The number of carbonyl (C=O) groups is 1. The third kappa shape index (κ3) is 1.90. The Labute approximate surface area is 156 Å². The van der Waals surface area contributed by atoms with Crippen LogP contribution in [-0.2, 0) is 23.7 Å². The van der Waals surface area contributed by atoms with Gasteiger partial charge in [-0.25, -0.2) is 0 Å². The fourth-order valence-corrected chi connectivity index (χ4v) is 7.70. The number of esters is 1. The first-order valence-corrected chi connectivity index (χ1v) is 10.3. The molecule has 3 aliphatic heterocycles. The highest BCUT2D eigenvalue weighted by molar-refractivity contribution is 5.80. The molecule has 0 aromatic carbocycles. The van der Waals surface area contributed by atoms with Gasteiger partial charge in [0.2, 0.25) is 0 Å². The van der Waals surface area contributed by atoms with Crippen molar-refractivity contribution in [3.05, 3.63) is 0 Å². The Kier molecular flexibility index (Phi) is 3.51. The van der Waals surface area contributed by atoms with E-state index in [2.05, 4.69) is 20.8 Å². The molecule has 2 aliphatic carbocycles. The number of hydrogen-bond acceptors (Lipinski definition) is 5. The Morgan fingerprint density at radius 2 is 1.96 bits per heavy atom. The monoisotopic (exact) mass is 364 g/mol. The van der Waals surface area contributed by atoms with Crippen LogP contribution in [0.3, 0.4) is 0 Å². The molecule has 5 rings (SSSR count). The van der Waals surface area contributed by atoms with Gasteiger partial charge in [-0.15, -0.1) is 0 Å². The number of carbonyl (C=O) groups excluding carboxylic acids is 1. The van der Waals surface area contributed by atoms with E-state index in [1.165, 1.54) is 0 Å². The van der Waals surface area contributed by atoms with E-state index >= 15 is 0 Å². The summed E-state index contributed by atoms with van der Waals surface area (Å²) in [5, 5.41) is 0. The summed E-state index contributed by atoms with van der Waals surface area (Å²) in [4.78, 5) is 12.8. The molecule has 0 unspecified atom stereocenters. The van der Waals surface area contributed by atoms with Crippen molar-refractivity contribution in [3.8, 4) is 0 Å². The molecule has 5 nitrogen and oxygen atoms in total. The summed E-state index contributed by atoms with van der Waals surface area (Å²) in [5.41, 5.74) is -0.772. The minimum atomic E-state index is -0.342. The minimum absolute atomic E-state index is 0.0247. The molecule has 5 fully saturated rings. The zero-order valence-corrected chi connectivity index (χ0v) is 16.5. The first-order valence-electron chi connectivity index (χ1n) is 10.3. The molecule has 0 N–H and O–H groups in total. The molecule has 8 atom stereocenters. The van der Waals surface area contributed by atoms with E-state index in [4.69, 9.17) is 18.9 Å². The lowest BCUT2D eigenvalue weighted by Crippen LogP contribution is -2.65. The predicted molar refractivity (Wildman–Crippen MR) is 94.4 cm³/mol. The molecule has 0 aromatic heterocycles. The lowest BCUT2D eigenvalue weighted by molar-refractivity contribution is -0.251. The van der Waals surface area contributed by atoms with Gasteiger partial charge in [0.05, 0.1) is 23.2 Å². The zero-order valence-electron chi connectivity index (χ0n) is 16.5. The van der Waals surface area contributed by atoms with Crippen LogP contribution in [0, 0.1) is 22.7 Å². The number of ether oxygens (including phenoxy) is 4. The first-order chi connectivity index (χ1) is 12.3. The predicted octanol–water partition coefficient (Wildman–Crippen LogP) is 3.45. The van der Waals surface area contributed by atoms with Gasteiger partial charge in [-0.2, -0.15) is 0 Å². The van der Waals surface area contributed by atoms with Gasteiger partial charge in [0, 0.05) is 24.9 Å². The molecule has 26 heavy (non-hydrogen) atoms. The van der Waals surface area contributed by atoms with Gasteiger partial charge in [-0.3, -0.25) is 4.79 Å². The summed E-state index contributed by atoms with van der Waals surface area (Å²) in [6, 6.07) is 0. The highest BCUT2D eigenvalue weighted by atomic mass is 16.7. The van der Waals surface area contributed by atoms with Crippen molar-refractivity contribution >= 4 is 5.97 Å². The Balaban J connectivity index is 1.55. The average Bonchev–Trinajstić information content (AvgIpc) is 3.25. The van der Waals surface area contributed by atoms with Crippen molar-refractivity contribution < 1.29 is 23.7 Å². The second-order valence-electron chi connectivity index (χ2n) is 10.1. The Bertz CT molecular complexity index is 636. The third-order valence-corrected chi connectivity index (χ3v) is 8.89. The molecule has 0 radical (unpaired) electrons. The summed E-state index contributed by atoms with van der Waals surface area (Å²) in [5.74, 6) is 0.671. The number of fused-ring (bicyclic) bond motifs is 1. The number of hydrogen-bond donors (Lipinski definition) is 0. The topological polar surface area (TPSA) is 54.0 Å². The molecule has 3 saturated heterocycles. The molecule has 0 bridgehead atoms. The van der Waals surface area contributed by atoms with Crippen LogP contribution in [0.4, 0.5) is 0 Å². The quantitative estimate of drug-likeness (QED) is 0.667. The van der Waals surface area contributed by atoms with E-state index < -0.39 is 0 Å². The zero-order chi connectivity index (χ0) is 18.4. The fraction of sp³-hybridized carbons (Fsp3) is 0.952. The summed E-state index contributed by atoms with van der Waals surface area (Å²) in [6.45, 7) is 7.47. The standard InChI is InChI=1S/C21H32O5/c1-13-10-14-16-18(2,17(22)25-14)6-5-7-19(16,3)21(13)9-8-20(26-21)11-15(23-4)24-12-20/h13-16H,5-12H2,1-4H3/t13-,14-,15+,16+,18+,19-,20+,21-/m1/s1. The van der Waals surface area contributed by atoms with E-state index in [1.54, 1.807) is 7.11 Å². The van der Waals surface area contributed by atoms with Gasteiger partial charge < -0.3 is 18.9 Å². The maximum Gasteiger partial charge on any atom is 0.312 e. The van der Waals surface area contributed by atoms with Crippen LogP contribution in [0.2, 0.25) is 0 Å². The van der Waals surface area contributed by atoms with Crippen LogP contribution in [0.5, 0.6) is 0 Å². The second-order valence-corrected chi connectivity index (χ2v) is 10.1. The van der Waals surface area contributed by atoms with Crippen LogP contribution in [0.25, 0.3) is 0 Å². The van der Waals surface area contributed by atoms with Crippen molar-refractivity contribution in [2.75, 3.05) is 13.7 Å². The van der Waals surface area contributed by atoms with Crippen molar-refractivity contribution in [2.45, 2.75) is 89.3 Å². The lowest BCUT2D eigenvalue weighted by atomic mass is 9.44. The van der Waals surface area contributed by atoms with E-state index in [-0.39, 0.29) is 46.3 Å². The molecule has 2 spiro atoms. The molecule has 146 valence electrons. The van der Waals surface area contributed by atoms with Crippen LogP contribution < -0.4 is 0 Å². The van der Waals surface area contributed by atoms with E-state index in [9.17, 15) is 4.79 Å². The van der Waals surface area contributed by atoms with Crippen LogP contribution in [-0.4, -0.2) is 43.3 Å². The molecule has 5 aliphatic rings. The Morgan fingerprint density at radius 3 is 2.69 bits per heavy atom. The van der Waals surface area contributed by atoms with Crippen LogP contribution in [0.1, 0.15) is 65.7 Å². The summed E-state index contributed by atoms with van der Waals surface area (Å²) in [7, 11) is 1.71. The lowest BCUT2D eigenvalue weighted by Gasteiger charge is -2.62. The van der Waals surface area contributed by atoms with Crippen molar-refractivity contribution in [1.29, 1.82) is 0 Å². The van der Waals surface area contributed by atoms with Crippen molar-refractivity contribution in [3.63, 3.8) is 0 Å². The highest BCUT2D eigenvalue weighted by Crippen LogP contribution is 2.70. The first kappa shape index (κ1) is 17.4. The Hall–Kier alpha value is -0.650. The Morgan fingerprint density at radius 1 is 1.15 bits per heavy atom. The van der Waals surface area contributed by atoms with Gasteiger partial charge in [0.15, 0.2) is 6.29 Å². The average molecular weight is 364 g/mol. The largest absolute Gasteiger partial charge is 0.462 e. The molecule has 2 saturated carbocycles. The molecule has 0 aromatic rings. The van der Waals surface area contributed by atoms with Gasteiger partial charge in [0.1, 0.15) is 6.10 Å². The van der Waals surface area contributed by atoms with Crippen LogP contribution >= 0.6 is 0 Å². The highest BCUT2D eigenvalue weighted by Gasteiger charge is 2.74. The number of rotatable bonds is 1. The van der Waals surface area contributed by atoms with Crippen molar-refractivity contribution in [2.24, 2.45) is 22.7 Å². The maximum absolute atomic E-state index is 12.8. The molecule has 5 heteroatoms. The summed E-state index contributed by atoms with van der Waals surface area (Å²) >= 11 is 0. The van der Waals surface area contributed by atoms with Gasteiger partial charge >= 0.3 is 5.97 Å². The van der Waals surface area contributed by atoms with E-state index in [0.29, 0.717) is 12.5 Å². The normalized spacial score (nSPS) is 58.4. The smallest absolute Gasteiger partial charge is 0.312 e. The fourth-order valence-electron chi connectivity index (χ4n) is 7.70. The maximum atomic E-state index is 12.8. The van der Waals surface area contributed by atoms with Gasteiger partial charge in [0.25, 0.3) is 0 Å². The molecular formula is C21H32O5. The molecule has 0 amide bonds. The molecule has 3 heterocycles. The van der Waals surface area contributed by atoms with Crippen LogP contribution in [0.15, 0.2) is 0 Å². The van der Waals surface area contributed by atoms with E-state index in [1.807, 2.05) is 0 Å². The van der Waals surface area contributed by atoms with Gasteiger partial charge in [-0.05, 0) is 44.9 Å². The summed E-state index contributed by atoms with van der Waals surface area (Å²) in [6.07, 6.45) is 6.87. The third-order valence-electron chi connectivity index (χ3n) is 8.89. The summed E-state index contributed by atoms with van der Waals surface area (Å²) < 4.78 is 24.3. The molecular weight excluding hydrogens is 332 g/mol. The second kappa shape index (κ2) is 5.24.